The molecular formula is B5CeMgO10-14. The minimum atomic E-state index is 0. The average Bonchev–Trinajstić information content (AvgIpc) is 0. The van der Waals surface area contributed by atoms with Crippen LogP contribution in [-0.4, -0.2) is 65.1 Å². The van der Waals surface area contributed by atoms with Crippen LogP contribution < -0.4 is 0 Å². The summed E-state index contributed by atoms with van der Waals surface area (Å²) in [5.41, 5.74) is 0. The first kappa shape index (κ1) is 1460. The first-order chi connectivity index (χ1) is 0. The third-order valence-corrected chi connectivity index (χ3v) is 0. The van der Waals surface area contributed by atoms with Gasteiger partial charge in [0.1, 0.15) is 0 Å². The Hall–Kier alpha value is 2.07. The molecule has 95 valence electrons. The topological polar surface area (TPSA) is 285 Å². The molecule has 0 atom stereocenters. The van der Waals surface area contributed by atoms with Crippen LogP contribution in [-0.2, 0) is 54.8 Å². The van der Waals surface area contributed by atoms with Gasteiger partial charge in [0.25, 0.3) is 0 Å². The van der Waals surface area contributed by atoms with Crippen molar-refractivity contribution in [3.8, 4) is 0 Å². The molecule has 0 aromatic carbocycles. The molecule has 0 aromatic heterocycles. The molecule has 0 saturated carbocycles. The monoisotopic (exact) mass is 379 g/mol. The number of rotatable bonds is 0. The summed E-state index contributed by atoms with van der Waals surface area (Å²) in [4.78, 5) is 0. The van der Waals surface area contributed by atoms with E-state index in [4.69, 9.17) is 0 Å². The van der Waals surface area contributed by atoms with Gasteiger partial charge in [0.2, 0.25) is 0 Å². The zero-order valence-corrected chi connectivity index (χ0v) is 12.7. The SMILES string of the molecule is [B].[B].[B].[B].[B].[Ce+4].[Mg+2].[O-2].[O-2].[O-2].[O-2].[O-2].[O-2].[O-2].[O-2].[O-2].[O-2]. The third-order valence-electron chi connectivity index (χ3n) is 0. The van der Waals surface area contributed by atoms with E-state index in [1.165, 1.54) is 0 Å². The molecule has 0 amide bonds. The van der Waals surface area contributed by atoms with Gasteiger partial charge in [0, 0.05) is 42.1 Å². The van der Waals surface area contributed by atoms with Gasteiger partial charge in [0.05, 0.1) is 0 Å². The molecule has 10 nitrogen and oxygen atoms in total. The van der Waals surface area contributed by atoms with Crippen LogP contribution in [0, 0.1) is 41.7 Å². The quantitative estimate of drug-likeness (QED) is 0.371. The summed E-state index contributed by atoms with van der Waals surface area (Å²) in [5, 5.41) is 0. The van der Waals surface area contributed by atoms with E-state index in [0.29, 0.717) is 0 Å². The van der Waals surface area contributed by atoms with E-state index in [2.05, 4.69) is 0 Å². The summed E-state index contributed by atoms with van der Waals surface area (Å²) >= 11 is 0. The van der Waals surface area contributed by atoms with Crippen molar-refractivity contribution in [2.24, 2.45) is 0 Å². The van der Waals surface area contributed by atoms with Crippen molar-refractivity contribution in [2.75, 3.05) is 0 Å². The Balaban J connectivity index is 0. The van der Waals surface area contributed by atoms with Gasteiger partial charge in [0.15, 0.2) is 0 Å². The fraction of sp³-hybridized carbons (Fsp3) is 0. The van der Waals surface area contributed by atoms with Crippen molar-refractivity contribution in [2.45, 2.75) is 0 Å². The Morgan fingerprint density at radius 1 is 0.235 bits per heavy atom. The Morgan fingerprint density at radius 2 is 0.235 bits per heavy atom. The van der Waals surface area contributed by atoms with Gasteiger partial charge in [-0.2, -0.15) is 0 Å². The zero-order chi connectivity index (χ0) is 0. The molecule has 0 bridgehead atoms. The predicted octanol–water partition coefficient (Wildman–Crippen LogP) is -3.47. The Morgan fingerprint density at radius 3 is 0.235 bits per heavy atom. The van der Waals surface area contributed by atoms with Gasteiger partial charge in [-0.15, -0.1) is 0 Å². The Labute approximate surface area is 160 Å². The molecule has 15 radical (unpaired) electrons. The Kier molecular flexibility index (Phi) is 105000. The van der Waals surface area contributed by atoms with Gasteiger partial charge < -0.3 is 54.8 Å². The first-order valence-corrected chi connectivity index (χ1v) is 0. The van der Waals surface area contributed by atoms with E-state index < -0.39 is 0 Å². The van der Waals surface area contributed by atoms with Crippen LogP contribution in [0.15, 0.2) is 0 Å². The van der Waals surface area contributed by atoms with Gasteiger partial charge in [-0.05, 0) is 0 Å². The van der Waals surface area contributed by atoms with Crippen LogP contribution in [0.4, 0.5) is 0 Å². The molecule has 0 aliphatic rings. The third kappa shape index (κ3) is 1090. The second-order valence-electron chi connectivity index (χ2n) is 0. The van der Waals surface area contributed by atoms with Crippen molar-refractivity contribution in [1.82, 2.24) is 0 Å². The smallest absolute Gasteiger partial charge is 2.00 e. The molecule has 0 aromatic rings. The molecule has 0 aliphatic carbocycles. The summed E-state index contributed by atoms with van der Waals surface area (Å²) in [5.74, 6) is 0. The molecule has 0 N–H and O–H groups in total. The normalized spacial score (nSPS) is 0. The van der Waals surface area contributed by atoms with Crippen molar-refractivity contribution >= 4 is 65.1 Å². The summed E-state index contributed by atoms with van der Waals surface area (Å²) in [6.45, 7) is 0. The summed E-state index contributed by atoms with van der Waals surface area (Å²) < 4.78 is 0. The fourth-order valence-electron chi connectivity index (χ4n) is 0. The number of hydrogen-bond donors (Lipinski definition) is 0. The minimum absolute atomic E-state index is 0. The van der Waals surface area contributed by atoms with Crippen LogP contribution in [0.2, 0.25) is 0 Å². The number of hydrogen-bond acceptors (Lipinski definition) is 0. The molecule has 0 unspecified atom stereocenters. The van der Waals surface area contributed by atoms with E-state index >= 15 is 0 Å². The van der Waals surface area contributed by atoms with E-state index in [1.54, 1.807) is 0 Å². The molecule has 0 spiro atoms. The van der Waals surface area contributed by atoms with E-state index in [-0.39, 0.29) is 162 Å². The van der Waals surface area contributed by atoms with Crippen molar-refractivity contribution in [3.63, 3.8) is 0 Å². The summed E-state index contributed by atoms with van der Waals surface area (Å²) in [6, 6.07) is 0. The predicted molar refractivity (Wildman–Crippen MR) is 41.4 cm³/mol. The Bertz CT molecular complexity index is 24.7. The fourth-order valence-corrected chi connectivity index (χ4v) is 0. The van der Waals surface area contributed by atoms with Crippen molar-refractivity contribution < 1.29 is 96.5 Å². The summed E-state index contributed by atoms with van der Waals surface area (Å²) in [7, 11) is 0. The van der Waals surface area contributed by atoms with E-state index in [1.807, 2.05) is 0 Å². The second-order valence-corrected chi connectivity index (χ2v) is 0. The minimum Gasteiger partial charge on any atom is -2.00 e. The first-order valence-electron chi connectivity index (χ1n) is 0. The van der Waals surface area contributed by atoms with E-state index in [9.17, 15) is 0 Å². The molecule has 17 heavy (non-hydrogen) atoms. The molecule has 17 heteroatoms. The second kappa shape index (κ2) is 1230. The largest absolute Gasteiger partial charge is 4.00 e. The van der Waals surface area contributed by atoms with Gasteiger partial charge >= 0.3 is 64.8 Å². The van der Waals surface area contributed by atoms with Gasteiger partial charge in [-0.3, -0.25) is 0 Å². The van der Waals surface area contributed by atoms with Crippen LogP contribution in [0.3, 0.4) is 0 Å². The van der Waals surface area contributed by atoms with Crippen LogP contribution in [0.25, 0.3) is 0 Å². The molecule has 0 fully saturated rings. The van der Waals surface area contributed by atoms with Gasteiger partial charge in [-0.1, -0.05) is 0 Å². The molecule has 0 heterocycles. The van der Waals surface area contributed by atoms with Crippen LogP contribution >= 0.6 is 0 Å². The zero-order valence-electron chi connectivity index (χ0n) is 8.18. The van der Waals surface area contributed by atoms with Crippen molar-refractivity contribution in [1.29, 1.82) is 0 Å². The maximum Gasteiger partial charge on any atom is 4.00 e. The molecule has 0 saturated heterocycles. The summed E-state index contributed by atoms with van der Waals surface area (Å²) in [6.07, 6.45) is 0. The van der Waals surface area contributed by atoms with Crippen LogP contribution in [0.5, 0.6) is 0 Å². The average molecular weight is 378 g/mol. The van der Waals surface area contributed by atoms with Gasteiger partial charge in [-0.25, -0.2) is 0 Å². The van der Waals surface area contributed by atoms with E-state index in [0.717, 1.165) is 0 Å². The van der Waals surface area contributed by atoms with Crippen molar-refractivity contribution in [3.05, 3.63) is 0 Å². The van der Waals surface area contributed by atoms with Crippen LogP contribution in [0.1, 0.15) is 0 Å². The molecular weight excluding hydrogens is 378 g/mol. The molecule has 0 rings (SSSR count). The standard InChI is InChI=1S/5B.Ce.Mg.10O/q;;;;;+4;+2;10*-2. The maximum absolute atomic E-state index is 0. The molecule has 0 aliphatic heterocycles. The maximum atomic E-state index is 0.